The minimum Gasteiger partial charge on any atom is -0.493 e. The Balaban J connectivity index is 1.42. The molecule has 3 aliphatic rings. The third-order valence-corrected chi connectivity index (χ3v) is 8.11. The largest absolute Gasteiger partial charge is 0.493 e. The fourth-order valence-corrected chi connectivity index (χ4v) is 6.70. The Labute approximate surface area is 211 Å². The lowest BCUT2D eigenvalue weighted by Gasteiger charge is -2.69. The lowest BCUT2D eigenvalue weighted by atomic mass is 9.40. The van der Waals surface area contributed by atoms with Gasteiger partial charge in [0.05, 0.1) is 29.3 Å². The summed E-state index contributed by atoms with van der Waals surface area (Å²) in [6.45, 7) is 5.00. The number of ether oxygens (including phenoxy) is 2. The first-order valence-electron chi connectivity index (χ1n) is 11.1. The van der Waals surface area contributed by atoms with E-state index in [1.807, 2.05) is 36.4 Å². The molecule has 0 amide bonds. The van der Waals surface area contributed by atoms with Crippen LogP contribution in [0.25, 0.3) is 0 Å². The average Bonchev–Trinajstić information content (AvgIpc) is 2.72. The normalized spacial score (nSPS) is 23.4. The van der Waals surface area contributed by atoms with Crippen molar-refractivity contribution < 1.29 is 17.9 Å². The fraction of sp³-hybridized carbons (Fsp3) is 0.480. The summed E-state index contributed by atoms with van der Waals surface area (Å²) in [6.07, 6.45) is 3.68. The molecule has 2 aromatic carbocycles. The second kappa shape index (κ2) is 8.91. The monoisotopic (exact) mass is 522 g/mol. The van der Waals surface area contributed by atoms with Crippen LogP contribution in [-0.2, 0) is 15.4 Å². The van der Waals surface area contributed by atoms with Crippen molar-refractivity contribution in [2.45, 2.75) is 44.1 Å². The van der Waals surface area contributed by atoms with E-state index in [1.54, 1.807) is 0 Å². The Hall–Kier alpha value is -1.98. The van der Waals surface area contributed by atoms with Gasteiger partial charge in [-0.2, -0.15) is 5.26 Å². The molecule has 0 aliphatic heterocycles. The highest BCUT2D eigenvalue weighted by atomic mass is 35.5. The van der Waals surface area contributed by atoms with Crippen LogP contribution in [0.1, 0.15) is 49.8 Å². The van der Waals surface area contributed by atoms with Crippen molar-refractivity contribution in [1.82, 2.24) is 4.72 Å². The molecule has 0 spiro atoms. The SMILES string of the molecule is CC(C)(c1ccc(OCC23CC(NS(C)(=O)=O)(C2)C3)cc1)c1cc(Cl)c(OCCCl)c(C#N)c1. The van der Waals surface area contributed by atoms with Crippen molar-refractivity contribution >= 4 is 33.2 Å². The average molecular weight is 523 g/mol. The van der Waals surface area contributed by atoms with Gasteiger partial charge in [-0.05, 0) is 54.7 Å². The molecule has 2 aromatic rings. The molecule has 6 nitrogen and oxygen atoms in total. The van der Waals surface area contributed by atoms with Crippen molar-refractivity contribution in [3.8, 4) is 17.6 Å². The molecule has 9 heteroatoms. The van der Waals surface area contributed by atoms with Crippen molar-refractivity contribution in [2.24, 2.45) is 5.41 Å². The number of alkyl halides is 1. The summed E-state index contributed by atoms with van der Waals surface area (Å²) in [5, 5.41) is 9.98. The molecule has 0 aromatic heterocycles. The lowest BCUT2D eigenvalue weighted by molar-refractivity contribution is -0.162. The first kappa shape index (κ1) is 25.1. The molecule has 0 heterocycles. The molecule has 1 N–H and O–H groups in total. The van der Waals surface area contributed by atoms with Crippen LogP contribution in [0.15, 0.2) is 36.4 Å². The molecule has 3 aliphatic carbocycles. The molecule has 0 unspecified atom stereocenters. The molecule has 3 fully saturated rings. The van der Waals surface area contributed by atoms with Gasteiger partial charge in [-0.3, -0.25) is 0 Å². The van der Waals surface area contributed by atoms with Crippen LogP contribution in [0, 0.1) is 16.7 Å². The zero-order valence-electron chi connectivity index (χ0n) is 19.5. The molecular formula is C25H28Cl2N2O4S. The summed E-state index contributed by atoms with van der Waals surface area (Å²) in [7, 11) is -3.18. The van der Waals surface area contributed by atoms with E-state index in [0.717, 1.165) is 36.1 Å². The van der Waals surface area contributed by atoms with E-state index in [4.69, 9.17) is 32.7 Å². The number of sulfonamides is 1. The number of hydrogen-bond donors (Lipinski definition) is 1. The zero-order chi connectivity index (χ0) is 24.8. The highest BCUT2D eigenvalue weighted by molar-refractivity contribution is 7.88. The maximum atomic E-state index is 11.5. The predicted octanol–water partition coefficient (Wildman–Crippen LogP) is 5.01. The van der Waals surface area contributed by atoms with E-state index in [-0.39, 0.29) is 17.6 Å². The maximum Gasteiger partial charge on any atom is 0.209 e. The van der Waals surface area contributed by atoms with E-state index in [2.05, 4.69) is 24.6 Å². The van der Waals surface area contributed by atoms with Gasteiger partial charge in [0.15, 0.2) is 5.75 Å². The maximum absolute atomic E-state index is 11.5. The Kier molecular flexibility index (Phi) is 6.58. The van der Waals surface area contributed by atoms with Gasteiger partial charge >= 0.3 is 0 Å². The van der Waals surface area contributed by atoms with Crippen LogP contribution < -0.4 is 14.2 Å². The molecule has 3 saturated carbocycles. The Bertz CT molecular complexity index is 1220. The van der Waals surface area contributed by atoms with Crippen molar-refractivity contribution in [2.75, 3.05) is 25.3 Å². The van der Waals surface area contributed by atoms with Gasteiger partial charge in [-0.1, -0.05) is 37.6 Å². The topological polar surface area (TPSA) is 88.4 Å². The van der Waals surface area contributed by atoms with Gasteiger partial charge in [0, 0.05) is 16.4 Å². The van der Waals surface area contributed by atoms with E-state index >= 15 is 0 Å². The standard InChI is InChI=1S/C25H28Cl2N2O4S/c1-23(2,19-10-17(12-28)22(21(27)11-19)32-9-8-26)18-4-6-20(7-5-18)33-16-24-13-25(14-24,15-24)29-34(3,30)31/h4-7,10-11,29H,8-9,13-16H2,1-3H3. The van der Waals surface area contributed by atoms with E-state index < -0.39 is 15.4 Å². The summed E-state index contributed by atoms with van der Waals surface area (Å²) in [5.74, 6) is 1.44. The Morgan fingerprint density at radius 2 is 1.76 bits per heavy atom. The molecule has 0 radical (unpaired) electrons. The number of nitriles is 1. The molecular weight excluding hydrogens is 495 g/mol. The second-order valence-corrected chi connectivity index (χ2v) is 12.6. The third kappa shape index (κ3) is 4.87. The van der Waals surface area contributed by atoms with Crippen LogP contribution >= 0.6 is 23.2 Å². The third-order valence-electron chi connectivity index (χ3n) is 6.87. The van der Waals surface area contributed by atoms with Crippen LogP contribution in [0.2, 0.25) is 5.02 Å². The first-order valence-corrected chi connectivity index (χ1v) is 13.9. The minimum absolute atomic E-state index is 0.0767. The Morgan fingerprint density at radius 3 is 2.32 bits per heavy atom. The number of nitrogens with zero attached hydrogens (tertiary/aromatic N) is 1. The highest BCUT2D eigenvalue weighted by Gasteiger charge is 2.69. The molecule has 2 bridgehead atoms. The van der Waals surface area contributed by atoms with Crippen LogP contribution in [0.5, 0.6) is 11.5 Å². The minimum atomic E-state index is -3.18. The van der Waals surface area contributed by atoms with Crippen molar-refractivity contribution in [3.05, 3.63) is 58.1 Å². The molecule has 34 heavy (non-hydrogen) atoms. The number of hydrogen-bond acceptors (Lipinski definition) is 5. The zero-order valence-corrected chi connectivity index (χ0v) is 21.8. The van der Waals surface area contributed by atoms with Crippen LogP contribution in [-0.4, -0.2) is 39.3 Å². The number of halogens is 2. The van der Waals surface area contributed by atoms with Crippen LogP contribution in [0.3, 0.4) is 0 Å². The molecule has 0 saturated heterocycles. The summed E-state index contributed by atoms with van der Waals surface area (Å²) in [5.41, 5.74) is 1.75. The predicted molar refractivity (Wildman–Crippen MR) is 133 cm³/mol. The van der Waals surface area contributed by atoms with Gasteiger partial charge in [0.1, 0.15) is 18.4 Å². The number of nitrogens with one attached hydrogen (secondary N) is 1. The molecule has 182 valence electrons. The Morgan fingerprint density at radius 1 is 1.12 bits per heavy atom. The van der Waals surface area contributed by atoms with Gasteiger partial charge in [0.25, 0.3) is 0 Å². The highest BCUT2D eigenvalue weighted by Crippen LogP contribution is 2.67. The lowest BCUT2D eigenvalue weighted by Crippen LogP contribution is -2.76. The van der Waals surface area contributed by atoms with E-state index in [9.17, 15) is 13.7 Å². The molecule has 0 atom stereocenters. The fourth-order valence-electron chi connectivity index (χ4n) is 5.35. The summed E-state index contributed by atoms with van der Waals surface area (Å²) < 4.78 is 37.4. The van der Waals surface area contributed by atoms with Gasteiger partial charge in [-0.25, -0.2) is 13.1 Å². The quantitative estimate of drug-likeness (QED) is 0.443. The summed E-state index contributed by atoms with van der Waals surface area (Å²) in [6, 6.07) is 13.7. The summed E-state index contributed by atoms with van der Waals surface area (Å²) in [4.78, 5) is 0. The van der Waals surface area contributed by atoms with E-state index in [0.29, 0.717) is 28.8 Å². The smallest absolute Gasteiger partial charge is 0.209 e. The van der Waals surface area contributed by atoms with Crippen LogP contribution in [0.4, 0.5) is 0 Å². The number of rotatable bonds is 10. The van der Waals surface area contributed by atoms with Crippen molar-refractivity contribution in [3.63, 3.8) is 0 Å². The van der Waals surface area contributed by atoms with Gasteiger partial charge in [-0.15, -0.1) is 11.6 Å². The van der Waals surface area contributed by atoms with Gasteiger partial charge < -0.3 is 9.47 Å². The molecule has 5 rings (SSSR count). The number of benzene rings is 2. The van der Waals surface area contributed by atoms with Gasteiger partial charge in [0.2, 0.25) is 10.0 Å². The second-order valence-electron chi connectivity index (χ2n) is 10.1. The summed E-state index contributed by atoms with van der Waals surface area (Å²) >= 11 is 12.1. The first-order chi connectivity index (χ1) is 15.9. The van der Waals surface area contributed by atoms with E-state index in [1.165, 1.54) is 6.26 Å². The van der Waals surface area contributed by atoms with Crippen molar-refractivity contribution in [1.29, 1.82) is 5.26 Å².